The van der Waals surface area contributed by atoms with Crippen molar-refractivity contribution in [3.05, 3.63) is 58.4 Å². The number of piperidine rings is 1. The van der Waals surface area contributed by atoms with E-state index in [-0.39, 0.29) is 23.5 Å². The van der Waals surface area contributed by atoms with Crippen LogP contribution >= 0.6 is 0 Å². The lowest BCUT2D eigenvalue weighted by atomic mass is 10.00. The molecule has 1 aromatic heterocycles. The lowest BCUT2D eigenvalue weighted by molar-refractivity contribution is 0.370. The maximum atomic E-state index is 13.1. The van der Waals surface area contributed by atoms with Crippen molar-refractivity contribution in [3.63, 3.8) is 0 Å². The van der Waals surface area contributed by atoms with Gasteiger partial charge in [-0.05, 0) is 37.0 Å². The maximum absolute atomic E-state index is 13.1. The Kier molecular flexibility index (Phi) is 5.25. The Balaban J connectivity index is 1.69. The summed E-state index contributed by atoms with van der Waals surface area (Å²) >= 11 is 0. The van der Waals surface area contributed by atoms with Crippen LogP contribution in [0.1, 0.15) is 37.8 Å². The summed E-state index contributed by atoms with van der Waals surface area (Å²) in [5.41, 5.74) is 0.940. The van der Waals surface area contributed by atoms with Crippen molar-refractivity contribution in [1.82, 2.24) is 15.3 Å². The van der Waals surface area contributed by atoms with Gasteiger partial charge in [-0.1, -0.05) is 19.1 Å². The zero-order valence-electron chi connectivity index (χ0n) is 13.8. The van der Waals surface area contributed by atoms with Crippen molar-refractivity contribution in [1.29, 1.82) is 0 Å². The molecule has 1 saturated heterocycles. The zero-order valence-corrected chi connectivity index (χ0v) is 13.8. The standard InChI is InChI=1S/C18H23FN4O/c1-2-16(13-5-7-14(19)8-6-13)22-15-4-3-11-23(12-15)17-18(24)21-10-9-20-17/h5-10,15-16,22H,2-4,11-12H2,1H3,(H,21,24)/t15-,16+/m0/s1. The number of aromatic amines is 1. The normalized spacial score (nSPS) is 19.2. The summed E-state index contributed by atoms with van der Waals surface area (Å²) in [7, 11) is 0. The molecular formula is C18H23FN4O. The van der Waals surface area contributed by atoms with Crippen molar-refractivity contribution >= 4 is 5.82 Å². The predicted molar refractivity (Wildman–Crippen MR) is 92.7 cm³/mol. The van der Waals surface area contributed by atoms with Crippen LogP contribution in [0.2, 0.25) is 0 Å². The fraction of sp³-hybridized carbons (Fsp3) is 0.444. The Morgan fingerprint density at radius 2 is 2.21 bits per heavy atom. The highest BCUT2D eigenvalue weighted by atomic mass is 19.1. The second-order valence-corrected chi connectivity index (χ2v) is 6.21. The minimum atomic E-state index is -0.216. The molecule has 0 bridgehead atoms. The van der Waals surface area contributed by atoms with E-state index in [0.29, 0.717) is 5.82 Å². The molecule has 5 nitrogen and oxygen atoms in total. The van der Waals surface area contributed by atoms with Gasteiger partial charge in [-0.25, -0.2) is 9.37 Å². The molecule has 0 saturated carbocycles. The Morgan fingerprint density at radius 3 is 2.92 bits per heavy atom. The quantitative estimate of drug-likeness (QED) is 0.885. The van der Waals surface area contributed by atoms with Crippen LogP contribution in [0.3, 0.4) is 0 Å². The van der Waals surface area contributed by atoms with E-state index < -0.39 is 0 Å². The molecule has 2 atom stereocenters. The molecule has 0 radical (unpaired) electrons. The van der Waals surface area contributed by atoms with Crippen LogP contribution in [-0.2, 0) is 0 Å². The van der Waals surface area contributed by atoms with E-state index in [1.807, 2.05) is 17.0 Å². The van der Waals surface area contributed by atoms with E-state index in [9.17, 15) is 9.18 Å². The smallest absolute Gasteiger partial charge is 0.290 e. The number of nitrogens with zero attached hydrogens (tertiary/aromatic N) is 2. The summed E-state index contributed by atoms with van der Waals surface area (Å²) in [6, 6.07) is 7.12. The van der Waals surface area contributed by atoms with Gasteiger partial charge in [-0.2, -0.15) is 0 Å². The van der Waals surface area contributed by atoms with Gasteiger partial charge >= 0.3 is 0 Å². The molecule has 2 N–H and O–H groups in total. The van der Waals surface area contributed by atoms with Crippen LogP contribution < -0.4 is 15.8 Å². The van der Waals surface area contributed by atoms with Crippen LogP contribution in [0.15, 0.2) is 41.5 Å². The van der Waals surface area contributed by atoms with Gasteiger partial charge in [-0.3, -0.25) is 4.79 Å². The molecule has 0 aliphatic carbocycles. The summed E-state index contributed by atoms with van der Waals surface area (Å²) in [6.07, 6.45) is 6.15. The number of benzene rings is 1. The molecule has 24 heavy (non-hydrogen) atoms. The van der Waals surface area contributed by atoms with Gasteiger partial charge in [0, 0.05) is 37.6 Å². The van der Waals surface area contributed by atoms with Gasteiger partial charge in [0.05, 0.1) is 0 Å². The molecule has 1 aliphatic heterocycles. The first-order valence-corrected chi connectivity index (χ1v) is 8.47. The van der Waals surface area contributed by atoms with Gasteiger partial charge in [0.25, 0.3) is 5.56 Å². The molecule has 1 aliphatic rings. The Labute approximate surface area is 140 Å². The van der Waals surface area contributed by atoms with E-state index in [1.54, 1.807) is 12.4 Å². The molecule has 0 spiro atoms. The molecule has 2 heterocycles. The maximum Gasteiger partial charge on any atom is 0.290 e. The number of hydrogen-bond acceptors (Lipinski definition) is 4. The Hall–Kier alpha value is -2.21. The second kappa shape index (κ2) is 7.57. The molecule has 2 aromatic rings. The van der Waals surface area contributed by atoms with Gasteiger partial charge in [0.2, 0.25) is 0 Å². The highest BCUT2D eigenvalue weighted by molar-refractivity contribution is 5.36. The Bertz CT molecular complexity index is 715. The van der Waals surface area contributed by atoms with Crippen molar-refractivity contribution in [2.75, 3.05) is 18.0 Å². The minimum absolute atomic E-state index is 0.149. The monoisotopic (exact) mass is 330 g/mol. The lowest BCUT2D eigenvalue weighted by Gasteiger charge is -2.35. The molecule has 3 rings (SSSR count). The van der Waals surface area contributed by atoms with Crippen LogP contribution in [0, 0.1) is 5.82 Å². The average molecular weight is 330 g/mol. The third-order valence-corrected chi connectivity index (χ3v) is 4.53. The van der Waals surface area contributed by atoms with Crippen LogP contribution in [0.25, 0.3) is 0 Å². The van der Waals surface area contributed by atoms with E-state index in [1.165, 1.54) is 12.1 Å². The first-order valence-electron chi connectivity index (χ1n) is 8.47. The number of aromatic nitrogens is 2. The van der Waals surface area contributed by atoms with Crippen molar-refractivity contribution < 1.29 is 4.39 Å². The van der Waals surface area contributed by atoms with Crippen LogP contribution in [0.4, 0.5) is 10.2 Å². The molecule has 6 heteroatoms. The van der Waals surface area contributed by atoms with E-state index in [2.05, 4.69) is 22.2 Å². The van der Waals surface area contributed by atoms with Crippen molar-refractivity contribution in [2.24, 2.45) is 0 Å². The second-order valence-electron chi connectivity index (χ2n) is 6.21. The molecule has 1 fully saturated rings. The first kappa shape index (κ1) is 16.6. The lowest BCUT2D eigenvalue weighted by Crippen LogP contribution is -2.48. The molecule has 128 valence electrons. The zero-order chi connectivity index (χ0) is 16.9. The molecule has 0 unspecified atom stereocenters. The van der Waals surface area contributed by atoms with E-state index in [4.69, 9.17) is 0 Å². The fourth-order valence-corrected chi connectivity index (χ4v) is 3.30. The largest absolute Gasteiger partial charge is 0.350 e. The molecule has 0 amide bonds. The third-order valence-electron chi connectivity index (χ3n) is 4.53. The number of halogens is 1. The first-order chi connectivity index (χ1) is 11.7. The third kappa shape index (κ3) is 3.82. The van der Waals surface area contributed by atoms with Gasteiger partial charge in [0.1, 0.15) is 5.82 Å². The van der Waals surface area contributed by atoms with Crippen molar-refractivity contribution in [3.8, 4) is 0 Å². The van der Waals surface area contributed by atoms with Gasteiger partial charge < -0.3 is 15.2 Å². The topological polar surface area (TPSA) is 61.0 Å². The molecule has 1 aromatic carbocycles. The highest BCUT2D eigenvalue weighted by Gasteiger charge is 2.24. The Morgan fingerprint density at radius 1 is 1.42 bits per heavy atom. The predicted octanol–water partition coefficient (Wildman–Crippen LogP) is 2.62. The molecular weight excluding hydrogens is 307 g/mol. The van der Waals surface area contributed by atoms with Gasteiger partial charge in [0.15, 0.2) is 5.82 Å². The minimum Gasteiger partial charge on any atom is -0.350 e. The summed E-state index contributed by atoms with van der Waals surface area (Å²) in [5.74, 6) is 0.269. The van der Waals surface area contributed by atoms with Crippen LogP contribution in [-0.4, -0.2) is 29.1 Å². The SMILES string of the molecule is CC[C@@H](N[C@H]1CCCN(c2ncc[nH]c2=O)C1)c1ccc(F)cc1. The fourth-order valence-electron chi connectivity index (χ4n) is 3.30. The number of H-pyrrole nitrogens is 1. The highest BCUT2D eigenvalue weighted by Crippen LogP contribution is 2.21. The van der Waals surface area contributed by atoms with E-state index in [0.717, 1.165) is 37.9 Å². The van der Waals surface area contributed by atoms with Crippen molar-refractivity contribution in [2.45, 2.75) is 38.3 Å². The number of rotatable bonds is 5. The summed E-state index contributed by atoms with van der Waals surface area (Å²) in [6.45, 7) is 3.70. The van der Waals surface area contributed by atoms with Crippen LogP contribution in [0.5, 0.6) is 0 Å². The summed E-state index contributed by atoms with van der Waals surface area (Å²) in [4.78, 5) is 20.9. The summed E-state index contributed by atoms with van der Waals surface area (Å²) < 4.78 is 13.1. The number of anilines is 1. The number of hydrogen-bond donors (Lipinski definition) is 2. The van der Waals surface area contributed by atoms with Gasteiger partial charge in [-0.15, -0.1) is 0 Å². The average Bonchev–Trinajstić information content (AvgIpc) is 2.61. The van der Waals surface area contributed by atoms with E-state index >= 15 is 0 Å². The summed E-state index contributed by atoms with van der Waals surface area (Å²) in [5, 5.41) is 3.66. The number of nitrogens with one attached hydrogen (secondary N) is 2.